The lowest BCUT2D eigenvalue weighted by Gasteiger charge is -2.34. The van der Waals surface area contributed by atoms with Gasteiger partial charge in [0.1, 0.15) is 10.8 Å². The molecule has 0 unspecified atom stereocenters. The number of methoxy groups -OCH3 is 2. The van der Waals surface area contributed by atoms with E-state index in [1.165, 1.54) is 24.0 Å². The number of hydrogen-bond donors (Lipinski definition) is 1. The minimum absolute atomic E-state index is 0.113. The highest BCUT2D eigenvalue weighted by Gasteiger charge is 2.21. The molecule has 1 aromatic heterocycles. The molecular formula is C21H27N3O4S. The molecule has 1 aliphatic heterocycles. The molecule has 0 saturated carbocycles. The number of amides is 1. The second-order valence-electron chi connectivity index (χ2n) is 7.04. The van der Waals surface area contributed by atoms with Gasteiger partial charge < -0.3 is 14.8 Å². The summed E-state index contributed by atoms with van der Waals surface area (Å²) in [7, 11) is 3.01. The monoisotopic (exact) mass is 417 g/mol. The third kappa shape index (κ3) is 5.79. The topological polar surface area (TPSA) is 71.1 Å². The van der Waals surface area contributed by atoms with E-state index in [0.29, 0.717) is 17.1 Å². The van der Waals surface area contributed by atoms with Gasteiger partial charge in [-0.1, -0.05) is 12.1 Å². The molecule has 1 fully saturated rings. The van der Waals surface area contributed by atoms with E-state index in [0.717, 1.165) is 43.4 Å². The Morgan fingerprint density at radius 3 is 2.52 bits per heavy atom. The fourth-order valence-electron chi connectivity index (χ4n) is 3.37. The Balaban J connectivity index is 1.48. The standard InChI is InChI=1S/C21H27N3O4S/c1-15-11-18(21(26)28-3)20(29-15)22-19(25)14-24-9-7-23(8-10-24)13-16-5-4-6-17(12-16)27-2/h4-6,11-12H,7-10,13-14H2,1-3H3,(H,22,25). The van der Waals surface area contributed by atoms with Crippen molar-refractivity contribution in [2.45, 2.75) is 13.5 Å². The van der Waals surface area contributed by atoms with Crippen molar-refractivity contribution in [1.82, 2.24) is 9.80 Å². The molecule has 29 heavy (non-hydrogen) atoms. The number of hydrogen-bond acceptors (Lipinski definition) is 7. The first kappa shape index (κ1) is 21.3. The summed E-state index contributed by atoms with van der Waals surface area (Å²) in [4.78, 5) is 29.8. The van der Waals surface area contributed by atoms with E-state index < -0.39 is 5.97 Å². The van der Waals surface area contributed by atoms with E-state index in [9.17, 15) is 9.59 Å². The average Bonchev–Trinajstić information content (AvgIpc) is 3.09. The average molecular weight is 418 g/mol. The van der Waals surface area contributed by atoms with Gasteiger partial charge in [-0.3, -0.25) is 14.6 Å². The molecular weight excluding hydrogens is 390 g/mol. The maximum atomic E-state index is 12.5. The molecule has 7 nitrogen and oxygen atoms in total. The Bertz CT molecular complexity index is 859. The first-order chi connectivity index (χ1) is 14.0. The summed E-state index contributed by atoms with van der Waals surface area (Å²) in [6.07, 6.45) is 0. The predicted octanol–water partition coefficient (Wildman–Crippen LogP) is 2.61. The zero-order valence-electron chi connectivity index (χ0n) is 17.1. The largest absolute Gasteiger partial charge is 0.497 e. The lowest BCUT2D eigenvalue weighted by molar-refractivity contribution is -0.117. The quantitative estimate of drug-likeness (QED) is 0.699. The molecule has 2 heterocycles. The molecule has 0 bridgehead atoms. The number of aryl methyl sites for hydroxylation is 1. The first-order valence-corrected chi connectivity index (χ1v) is 10.4. The number of carbonyl (C=O) groups is 2. The van der Waals surface area contributed by atoms with Gasteiger partial charge in [0.25, 0.3) is 0 Å². The Hall–Kier alpha value is -2.42. The zero-order chi connectivity index (χ0) is 20.8. The summed E-state index contributed by atoms with van der Waals surface area (Å²) in [5.74, 6) is 0.321. The number of nitrogens with one attached hydrogen (secondary N) is 1. The summed E-state index contributed by atoms with van der Waals surface area (Å²) in [6, 6.07) is 9.85. The maximum Gasteiger partial charge on any atom is 0.340 e. The van der Waals surface area contributed by atoms with E-state index in [4.69, 9.17) is 9.47 Å². The summed E-state index contributed by atoms with van der Waals surface area (Å²) < 4.78 is 10.1. The minimum atomic E-state index is -0.434. The summed E-state index contributed by atoms with van der Waals surface area (Å²) in [5, 5.41) is 3.42. The van der Waals surface area contributed by atoms with Crippen LogP contribution < -0.4 is 10.1 Å². The number of piperazine rings is 1. The molecule has 0 radical (unpaired) electrons. The van der Waals surface area contributed by atoms with E-state index in [1.54, 1.807) is 13.2 Å². The van der Waals surface area contributed by atoms with Crippen molar-refractivity contribution in [3.8, 4) is 5.75 Å². The van der Waals surface area contributed by atoms with Crippen LogP contribution in [-0.4, -0.2) is 68.6 Å². The predicted molar refractivity (Wildman–Crippen MR) is 114 cm³/mol. The van der Waals surface area contributed by atoms with E-state index in [-0.39, 0.29) is 5.91 Å². The van der Waals surface area contributed by atoms with Crippen LogP contribution in [0.25, 0.3) is 0 Å². The van der Waals surface area contributed by atoms with Gasteiger partial charge in [-0.15, -0.1) is 11.3 Å². The Labute approximate surface area is 175 Å². The molecule has 0 spiro atoms. The second-order valence-corrected chi connectivity index (χ2v) is 8.30. The fraction of sp³-hybridized carbons (Fsp3) is 0.429. The number of thiophene rings is 1. The smallest absolute Gasteiger partial charge is 0.340 e. The number of esters is 1. The number of rotatable bonds is 7. The van der Waals surface area contributed by atoms with E-state index in [1.807, 2.05) is 19.1 Å². The highest BCUT2D eigenvalue weighted by Crippen LogP contribution is 2.28. The zero-order valence-corrected chi connectivity index (χ0v) is 17.9. The molecule has 1 aliphatic rings. The van der Waals surface area contributed by atoms with Crippen LogP contribution in [0.2, 0.25) is 0 Å². The van der Waals surface area contributed by atoms with Gasteiger partial charge in [-0.05, 0) is 30.7 Å². The van der Waals surface area contributed by atoms with Gasteiger partial charge in [0.05, 0.1) is 26.3 Å². The number of benzene rings is 1. The number of ether oxygens (including phenoxy) is 2. The second kappa shape index (κ2) is 9.87. The van der Waals surface area contributed by atoms with Crippen LogP contribution in [0, 0.1) is 6.92 Å². The molecule has 0 atom stereocenters. The van der Waals surface area contributed by atoms with Crippen LogP contribution >= 0.6 is 11.3 Å². The number of nitrogens with zero attached hydrogens (tertiary/aromatic N) is 2. The van der Waals surface area contributed by atoms with Gasteiger partial charge in [0, 0.05) is 37.6 Å². The number of anilines is 1. The van der Waals surface area contributed by atoms with Crippen molar-refractivity contribution < 1.29 is 19.1 Å². The first-order valence-electron chi connectivity index (χ1n) is 9.54. The lowest BCUT2D eigenvalue weighted by atomic mass is 10.2. The van der Waals surface area contributed by atoms with Crippen molar-refractivity contribution in [1.29, 1.82) is 0 Å². The van der Waals surface area contributed by atoms with Gasteiger partial charge in [0.15, 0.2) is 0 Å². The molecule has 1 saturated heterocycles. The van der Waals surface area contributed by atoms with Crippen molar-refractivity contribution >= 4 is 28.2 Å². The molecule has 2 aromatic rings. The van der Waals surface area contributed by atoms with Crippen molar-refractivity contribution in [3.63, 3.8) is 0 Å². The molecule has 8 heteroatoms. The van der Waals surface area contributed by atoms with Crippen LogP contribution in [0.3, 0.4) is 0 Å². The van der Waals surface area contributed by atoms with Gasteiger partial charge >= 0.3 is 5.97 Å². The van der Waals surface area contributed by atoms with Crippen LogP contribution in [0.15, 0.2) is 30.3 Å². The molecule has 0 aliphatic carbocycles. The van der Waals surface area contributed by atoms with Crippen molar-refractivity contribution in [2.75, 3.05) is 52.3 Å². The lowest BCUT2D eigenvalue weighted by Crippen LogP contribution is -2.48. The van der Waals surface area contributed by atoms with Gasteiger partial charge in [-0.2, -0.15) is 0 Å². The highest BCUT2D eigenvalue weighted by atomic mass is 32.1. The SMILES string of the molecule is COC(=O)c1cc(C)sc1NC(=O)CN1CCN(Cc2cccc(OC)c2)CC1. The van der Waals surface area contributed by atoms with Crippen LogP contribution in [0.5, 0.6) is 5.75 Å². The third-order valence-electron chi connectivity index (χ3n) is 4.89. The third-order valence-corrected chi connectivity index (χ3v) is 5.85. The Morgan fingerprint density at radius 1 is 1.10 bits per heavy atom. The molecule has 156 valence electrons. The van der Waals surface area contributed by atoms with Crippen molar-refractivity contribution in [2.24, 2.45) is 0 Å². The molecule has 1 N–H and O–H groups in total. The van der Waals surface area contributed by atoms with E-state index in [2.05, 4.69) is 27.2 Å². The highest BCUT2D eigenvalue weighted by molar-refractivity contribution is 7.16. The summed E-state index contributed by atoms with van der Waals surface area (Å²) in [5.41, 5.74) is 1.63. The van der Waals surface area contributed by atoms with Crippen molar-refractivity contribution in [3.05, 3.63) is 46.3 Å². The Kier molecular flexibility index (Phi) is 7.24. The normalized spacial score (nSPS) is 15.1. The van der Waals surface area contributed by atoms with Crippen LogP contribution in [0.1, 0.15) is 20.8 Å². The van der Waals surface area contributed by atoms with Gasteiger partial charge in [0.2, 0.25) is 5.91 Å². The van der Waals surface area contributed by atoms with E-state index >= 15 is 0 Å². The molecule has 1 amide bonds. The van der Waals surface area contributed by atoms with Crippen LogP contribution in [-0.2, 0) is 16.1 Å². The Morgan fingerprint density at radius 2 is 1.83 bits per heavy atom. The molecule has 1 aromatic carbocycles. The summed E-state index contributed by atoms with van der Waals surface area (Å²) >= 11 is 1.38. The minimum Gasteiger partial charge on any atom is -0.497 e. The van der Waals surface area contributed by atoms with Gasteiger partial charge in [-0.25, -0.2) is 4.79 Å². The maximum absolute atomic E-state index is 12.5. The summed E-state index contributed by atoms with van der Waals surface area (Å²) in [6.45, 7) is 6.52. The van der Waals surface area contributed by atoms with Crippen LogP contribution in [0.4, 0.5) is 5.00 Å². The number of carbonyl (C=O) groups excluding carboxylic acids is 2. The molecule has 3 rings (SSSR count). The fourth-order valence-corrected chi connectivity index (χ4v) is 4.29.